The molecule has 0 radical (unpaired) electrons. The molecule has 23 heavy (non-hydrogen) atoms. The van der Waals surface area contributed by atoms with Crippen molar-refractivity contribution in [2.75, 3.05) is 29.5 Å². The lowest BCUT2D eigenvalue weighted by Crippen LogP contribution is -2.36. The van der Waals surface area contributed by atoms with Gasteiger partial charge in [-0.15, -0.1) is 0 Å². The van der Waals surface area contributed by atoms with Crippen molar-refractivity contribution in [1.82, 2.24) is 15.3 Å². The summed E-state index contributed by atoms with van der Waals surface area (Å²) < 4.78 is 22.9. The first-order chi connectivity index (χ1) is 11.0. The first-order valence-corrected chi connectivity index (χ1v) is 9.94. The summed E-state index contributed by atoms with van der Waals surface area (Å²) in [6.45, 7) is 1.89. The van der Waals surface area contributed by atoms with Gasteiger partial charge in [0.05, 0.1) is 11.5 Å². The van der Waals surface area contributed by atoms with Gasteiger partial charge in [-0.2, -0.15) is 0 Å². The number of nitrogens with one attached hydrogen (secondary N) is 1. The van der Waals surface area contributed by atoms with E-state index in [9.17, 15) is 13.2 Å². The summed E-state index contributed by atoms with van der Waals surface area (Å²) in [5.74, 6) is 0.598. The van der Waals surface area contributed by atoms with Crippen molar-refractivity contribution < 1.29 is 13.2 Å². The highest BCUT2D eigenvalue weighted by Crippen LogP contribution is 2.18. The molecule has 8 heteroatoms. The maximum atomic E-state index is 12.3. The molecule has 3 rings (SSSR count). The minimum atomic E-state index is -3.01. The van der Waals surface area contributed by atoms with Gasteiger partial charge in [0.1, 0.15) is 17.8 Å². The molecule has 1 atom stereocenters. The number of amides is 1. The lowest BCUT2D eigenvalue weighted by Gasteiger charge is -2.21. The van der Waals surface area contributed by atoms with Crippen LogP contribution in [-0.2, 0) is 9.84 Å². The third-order valence-electron chi connectivity index (χ3n) is 4.38. The van der Waals surface area contributed by atoms with E-state index >= 15 is 0 Å². The third kappa shape index (κ3) is 4.19. The number of anilines is 1. The molecule has 0 aliphatic carbocycles. The second kappa shape index (κ2) is 6.82. The molecule has 0 saturated carbocycles. The topological polar surface area (TPSA) is 92.3 Å². The molecule has 1 amide bonds. The van der Waals surface area contributed by atoms with Gasteiger partial charge in [-0.05, 0) is 19.3 Å². The number of hydrogen-bond acceptors (Lipinski definition) is 6. The standard InChI is InChI=1S/C15H22N4O3S/c20-15(18-12-5-8-23(21,22)10-12)13-9-14(17-11-16-13)19-6-3-1-2-4-7-19/h9,11-12H,1-8,10H2,(H,18,20). The summed E-state index contributed by atoms with van der Waals surface area (Å²) in [7, 11) is -3.01. The number of carbonyl (C=O) groups is 1. The largest absolute Gasteiger partial charge is 0.357 e. The van der Waals surface area contributed by atoms with Crippen LogP contribution < -0.4 is 10.2 Å². The Hall–Kier alpha value is -1.70. The van der Waals surface area contributed by atoms with Crippen molar-refractivity contribution in [3.8, 4) is 0 Å². The van der Waals surface area contributed by atoms with Crippen LogP contribution in [0.5, 0.6) is 0 Å². The number of hydrogen-bond donors (Lipinski definition) is 1. The number of rotatable bonds is 3. The third-order valence-corrected chi connectivity index (χ3v) is 6.15. The fourth-order valence-corrected chi connectivity index (χ4v) is 4.79. The molecule has 2 aliphatic rings. The summed E-state index contributed by atoms with van der Waals surface area (Å²) in [5, 5.41) is 2.77. The van der Waals surface area contributed by atoms with E-state index in [1.54, 1.807) is 6.07 Å². The van der Waals surface area contributed by atoms with Crippen LogP contribution in [-0.4, -0.2) is 54.9 Å². The minimum absolute atomic E-state index is 0.0167. The number of carbonyl (C=O) groups excluding carboxylic acids is 1. The van der Waals surface area contributed by atoms with Crippen LogP contribution in [0.25, 0.3) is 0 Å². The lowest BCUT2D eigenvalue weighted by molar-refractivity contribution is 0.0936. The average Bonchev–Trinajstić information content (AvgIpc) is 2.75. The summed E-state index contributed by atoms with van der Waals surface area (Å²) in [5.41, 5.74) is 0.295. The van der Waals surface area contributed by atoms with Crippen LogP contribution in [0.2, 0.25) is 0 Å². The Morgan fingerprint density at radius 3 is 2.57 bits per heavy atom. The highest BCUT2D eigenvalue weighted by Gasteiger charge is 2.29. The molecule has 2 aliphatic heterocycles. The average molecular weight is 338 g/mol. The molecular weight excluding hydrogens is 316 g/mol. The number of nitrogens with zero attached hydrogens (tertiary/aromatic N) is 3. The number of aromatic nitrogens is 2. The Balaban J connectivity index is 1.68. The Morgan fingerprint density at radius 1 is 1.17 bits per heavy atom. The van der Waals surface area contributed by atoms with Crippen molar-refractivity contribution in [2.24, 2.45) is 0 Å². The second-order valence-corrected chi connectivity index (χ2v) is 8.46. The summed E-state index contributed by atoms with van der Waals surface area (Å²) in [6, 6.07) is 1.38. The van der Waals surface area contributed by atoms with Gasteiger partial charge >= 0.3 is 0 Å². The van der Waals surface area contributed by atoms with Gasteiger partial charge in [-0.1, -0.05) is 12.8 Å². The van der Waals surface area contributed by atoms with Gasteiger partial charge in [0.25, 0.3) is 5.91 Å². The van der Waals surface area contributed by atoms with Crippen LogP contribution in [0.15, 0.2) is 12.4 Å². The quantitative estimate of drug-likeness (QED) is 0.875. The van der Waals surface area contributed by atoms with E-state index in [0.29, 0.717) is 12.1 Å². The van der Waals surface area contributed by atoms with Gasteiger partial charge in [-0.3, -0.25) is 4.79 Å². The molecule has 3 heterocycles. The van der Waals surface area contributed by atoms with Crippen LogP contribution in [0.1, 0.15) is 42.6 Å². The molecule has 2 saturated heterocycles. The summed E-state index contributed by atoms with van der Waals surface area (Å²) in [4.78, 5) is 22.8. The van der Waals surface area contributed by atoms with E-state index in [4.69, 9.17) is 0 Å². The summed E-state index contributed by atoms with van der Waals surface area (Å²) >= 11 is 0. The van der Waals surface area contributed by atoms with Crippen molar-refractivity contribution in [2.45, 2.75) is 38.1 Å². The van der Waals surface area contributed by atoms with Gasteiger partial charge < -0.3 is 10.2 Å². The van der Waals surface area contributed by atoms with E-state index in [0.717, 1.165) is 31.7 Å². The molecule has 0 bridgehead atoms. The maximum Gasteiger partial charge on any atom is 0.270 e. The molecule has 0 aromatic carbocycles. The van der Waals surface area contributed by atoms with Gasteiger partial charge in [0.2, 0.25) is 0 Å². The maximum absolute atomic E-state index is 12.3. The van der Waals surface area contributed by atoms with Crippen LogP contribution in [0.3, 0.4) is 0 Å². The minimum Gasteiger partial charge on any atom is -0.357 e. The monoisotopic (exact) mass is 338 g/mol. The molecule has 126 valence electrons. The molecule has 1 N–H and O–H groups in total. The molecule has 2 fully saturated rings. The molecule has 1 aromatic rings. The molecule has 0 spiro atoms. The highest BCUT2D eigenvalue weighted by atomic mass is 32.2. The van der Waals surface area contributed by atoms with E-state index in [2.05, 4.69) is 20.2 Å². The molecule has 7 nitrogen and oxygen atoms in total. The Morgan fingerprint density at radius 2 is 1.91 bits per heavy atom. The van der Waals surface area contributed by atoms with Gasteiger partial charge in [-0.25, -0.2) is 18.4 Å². The van der Waals surface area contributed by atoms with Crippen LogP contribution >= 0.6 is 0 Å². The van der Waals surface area contributed by atoms with Crippen LogP contribution in [0.4, 0.5) is 5.82 Å². The van der Waals surface area contributed by atoms with Crippen molar-refractivity contribution in [3.63, 3.8) is 0 Å². The smallest absolute Gasteiger partial charge is 0.270 e. The summed E-state index contributed by atoms with van der Waals surface area (Å²) in [6.07, 6.45) is 6.59. The molecule has 1 aromatic heterocycles. The number of sulfone groups is 1. The van der Waals surface area contributed by atoms with E-state index in [1.165, 1.54) is 19.2 Å². The van der Waals surface area contributed by atoms with E-state index in [1.807, 2.05) is 0 Å². The van der Waals surface area contributed by atoms with Gasteiger partial charge in [0, 0.05) is 25.2 Å². The van der Waals surface area contributed by atoms with Crippen molar-refractivity contribution in [1.29, 1.82) is 0 Å². The highest BCUT2D eigenvalue weighted by molar-refractivity contribution is 7.91. The fraction of sp³-hybridized carbons (Fsp3) is 0.667. The molecule has 1 unspecified atom stereocenters. The Labute approximate surface area is 136 Å². The zero-order valence-electron chi connectivity index (χ0n) is 13.1. The fourth-order valence-electron chi connectivity index (χ4n) is 3.11. The molecular formula is C15H22N4O3S. The SMILES string of the molecule is O=C(NC1CCS(=O)(=O)C1)c1cc(N2CCCCCC2)ncn1. The zero-order chi connectivity index (χ0) is 16.3. The van der Waals surface area contributed by atoms with E-state index in [-0.39, 0.29) is 23.5 Å². The van der Waals surface area contributed by atoms with Crippen molar-refractivity contribution in [3.05, 3.63) is 18.1 Å². The normalized spacial score (nSPS) is 24.2. The zero-order valence-corrected chi connectivity index (χ0v) is 13.9. The van der Waals surface area contributed by atoms with Crippen molar-refractivity contribution >= 4 is 21.6 Å². The Kier molecular flexibility index (Phi) is 4.79. The first kappa shape index (κ1) is 16.2. The van der Waals surface area contributed by atoms with E-state index < -0.39 is 9.84 Å². The first-order valence-electron chi connectivity index (χ1n) is 8.12. The van der Waals surface area contributed by atoms with Crippen LogP contribution in [0, 0.1) is 0 Å². The predicted molar refractivity (Wildman–Crippen MR) is 87.2 cm³/mol. The predicted octanol–water partition coefficient (Wildman–Crippen LogP) is 0.774. The lowest BCUT2D eigenvalue weighted by atomic mass is 10.2. The van der Waals surface area contributed by atoms with Gasteiger partial charge in [0.15, 0.2) is 9.84 Å². The Bertz CT molecular complexity index is 669. The second-order valence-electron chi connectivity index (χ2n) is 6.24.